The molecule has 0 fully saturated rings. The maximum Gasteiger partial charge on any atom is 0.417 e. The normalized spacial score (nSPS) is 11.3. The summed E-state index contributed by atoms with van der Waals surface area (Å²) in [4.78, 5) is 17.2. The first-order valence-corrected chi connectivity index (χ1v) is 8.88. The highest BCUT2D eigenvalue weighted by Gasteiger charge is 2.38. The summed E-state index contributed by atoms with van der Waals surface area (Å²) < 4.78 is 56.3. The van der Waals surface area contributed by atoms with E-state index in [4.69, 9.17) is 14.2 Å². The van der Waals surface area contributed by atoms with Gasteiger partial charge in [-0.05, 0) is 30.9 Å². The second kappa shape index (κ2) is 8.08. The minimum absolute atomic E-state index is 0.00313. The number of methoxy groups -OCH3 is 3. The Bertz CT molecular complexity index is 869. The molecule has 0 atom stereocenters. The molecule has 146 valence electrons. The number of halogens is 3. The lowest BCUT2D eigenvalue weighted by Gasteiger charge is -2.19. The zero-order valence-corrected chi connectivity index (χ0v) is 16.2. The molecule has 27 heavy (non-hydrogen) atoms. The molecule has 0 bridgehead atoms. The highest BCUT2D eigenvalue weighted by molar-refractivity contribution is 7.98. The van der Waals surface area contributed by atoms with E-state index in [2.05, 4.69) is 4.98 Å². The van der Waals surface area contributed by atoms with E-state index in [1.165, 1.54) is 27.4 Å². The molecular formula is C18H18F3NO4S. The van der Waals surface area contributed by atoms with Gasteiger partial charge in [0.15, 0.2) is 11.5 Å². The van der Waals surface area contributed by atoms with Gasteiger partial charge in [-0.25, -0.2) is 4.98 Å². The summed E-state index contributed by atoms with van der Waals surface area (Å²) in [5.41, 5.74) is -1.23. The van der Waals surface area contributed by atoms with Crippen LogP contribution in [0.2, 0.25) is 0 Å². The maximum absolute atomic E-state index is 13.5. The van der Waals surface area contributed by atoms with Crippen molar-refractivity contribution in [3.8, 4) is 17.2 Å². The van der Waals surface area contributed by atoms with Crippen LogP contribution in [0.4, 0.5) is 13.2 Å². The number of nitrogens with zero attached hydrogens (tertiary/aromatic N) is 1. The number of aryl methyl sites for hydroxylation is 1. The number of carbonyl (C=O) groups excluding carboxylic acids is 1. The third-order valence-electron chi connectivity index (χ3n) is 3.90. The number of thioether (sulfide) groups is 1. The maximum atomic E-state index is 13.5. The molecule has 0 saturated carbocycles. The summed E-state index contributed by atoms with van der Waals surface area (Å²) >= 11 is 0.957. The SMILES string of the molecule is COc1cc(C)c(C(=O)c2c(C(F)(F)F)ccnc2SC)c(OC)c1OC. The average molecular weight is 401 g/mol. The lowest BCUT2D eigenvalue weighted by molar-refractivity contribution is -0.138. The molecule has 0 N–H and O–H groups in total. The fraction of sp³-hybridized carbons (Fsp3) is 0.333. The molecule has 2 rings (SSSR count). The van der Waals surface area contributed by atoms with Crippen LogP contribution in [0.1, 0.15) is 27.0 Å². The zero-order valence-electron chi connectivity index (χ0n) is 15.4. The van der Waals surface area contributed by atoms with Gasteiger partial charge in [-0.1, -0.05) is 0 Å². The van der Waals surface area contributed by atoms with Gasteiger partial charge in [-0.15, -0.1) is 11.8 Å². The van der Waals surface area contributed by atoms with E-state index in [0.717, 1.165) is 24.0 Å². The Morgan fingerprint density at radius 2 is 1.70 bits per heavy atom. The fourth-order valence-electron chi connectivity index (χ4n) is 2.74. The smallest absolute Gasteiger partial charge is 0.417 e. The minimum Gasteiger partial charge on any atom is -0.493 e. The van der Waals surface area contributed by atoms with E-state index in [0.29, 0.717) is 11.3 Å². The van der Waals surface area contributed by atoms with E-state index >= 15 is 0 Å². The molecule has 0 radical (unpaired) electrons. The molecular weight excluding hydrogens is 383 g/mol. The number of aromatic nitrogens is 1. The Balaban J connectivity index is 2.84. The van der Waals surface area contributed by atoms with Gasteiger partial charge in [0, 0.05) is 6.20 Å². The van der Waals surface area contributed by atoms with Crippen LogP contribution in [-0.2, 0) is 6.18 Å². The van der Waals surface area contributed by atoms with Crippen molar-refractivity contribution in [2.24, 2.45) is 0 Å². The van der Waals surface area contributed by atoms with Crippen molar-refractivity contribution in [1.29, 1.82) is 0 Å². The van der Waals surface area contributed by atoms with Crippen LogP contribution >= 0.6 is 11.8 Å². The standard InChI is InChI=1S/C18H18F3NO4S/c1-9-8-11(24-2)15(25-3)16(26-4)12(9)14(23)13-10(18(19,20)21)6-7-22-17(13)27-5/h6-8H,1-5H3. The van der Waals surface area contributed by atoms with Crippen LogP contribution in [0.15, 0.2) is 23.4 Å². The Morgan fingerprint density at radius 1 is 1.07 bits per heavy atom. The lowest BCUT2D eigenvalue weighted by atomic mass is 9.95. The van der Waals surface area contributed by atoms with E-state index in [9.17, 15) is 18.0 Å². The quantitative estimate of drug-likeness (QED) is 0.529. The summed E-state index contributed by atoms with van der Waals surface area (Å²) in [7, 11) is 4.06. The van der Waals surface area contributed by atoms with Gasteiger partial charge < -0.3 is 14.2 Å². The molecule has 1 heterocycles. The van der Waals surface area contributed by atoms with Crippen molar-refractivity contribution in [3.05, 3.63) is 40.6 Å². The number of hydrogen-bond donors (Lipinski definition) is 0. The third-order valence-corrected chi connectivity index (χ3v) is 4.59. The number of ether oxygens (including phenoxy) is 3. The van der Waals surface area contributed by atoms with Crippen LogP contribution < -0.4 is 14.2 Å². The molecule has 2 aromatic rings. The van der Waals surface area contributed by atoms with Crippen LogP contribution in [-0.4, -0.2) is 38.4 Å². The van der Waals surface area contributed by atoms with Crippen molar-refractivity contribution in [3.63, 3.8) is 0 Å². The van der Waals surface area contributed by atoms with Gasteiger partial charge in [0.05, 0.1) is 38.0 Å². The van der Waals surface area contributed by atoms with Crippen molar-refractivity contribution in [2.75, 3.05) is 27.6 Å². The topological polar surface area (TPSA) is 57.7 Å². The predicted octanol–water partition coefficient (Wildman–Crippen LogP) is 4.39. The van der Waals surface area contributed by atoms with Crippen molar-refractivity contribution < 1.29 is 32.2 Å². The van der Waals surface area contributed by atoms with Crippen LogP contribution in [0.3, 0.4) is 0 Å². The van der Waals surface area contributed by atoms with Gasteiger partial charge in [0.2, 0.25) is 11.5 Å². The highest BCUT2D eigenvalue weighted by atomic mass is 32.2. The zero-order chi connectivity index (χ0) is 20.4. The molecule has 0 aliphatic rings. The highest BCUT2D eigenvalue weighted by Crippen LogP contribution is 2.44. The third kappa shape index (κ3) is 3.83. The van der Waals surface area contributed by atoms with Gasteiger partial charge in [-0.2, -0.15) is 13.2 Å². The van der Waals surface area contributed by atoms with Crippen LogP contribution in [0, 0.1) is 6.92 Å². The van der Waals surface area contributed by atoms with Gasteiger partial charge in [0.1, 0.15) is 5.03 Å². The van der Waals surface area contributed by atoms with E-state index in [1.807, 2.05) is 0 Å². The molecule has 9 heteroatoms. The summed E-state index contributed by atoms with van der Waals surface area (Å²) in [6, 6.07) is 2.30. The summed E-state index contributed by atoms with van der Waals surface area (Å²) in [5.74, 6) is -0.425. The van der Waals surface area contributed by atoms with Crippen molar-refractivity contribution in [2.45, 2.75) is 18.1 Å². The predicted molar refractivity (Wildman–Crippen MR) is 95.3 cm³/mol. The first-order chi connectivity index (χ1) is 12.7. The second-order valence-electron chi connectivity index (χ2n) is 5.41. The van der Waals surface area contributed by atoms with Gasteiger partial charge in [0.25, 0.3) is 0 Å². The van der Waals surface area contributed by atoms with Gasteiger partial charge in [-0.3, -0.25) is 4.79 Å². The number of carbonyl (C=O) groups is 1. The number of alkyl halides is 3. The van der Waals surface area contributed by atoms with Gasteiger partial charge >= 0.3 is 6.18 Å². The van der Waals surface area contributed by atoms with E-state index < -0.39 is 23.1 Å². The summed E-state index contributed by atoms with van der Waals surface area (Å²) in [6.07, 6.45) is -2.13. The average Bonchev–Trinajstić information content (AvgIpc) is 2.64. The number of ketones is 1. The number of rotatable bonds is 6. The summed E-state index contributed by atoms with van der Waals surface area (Å²) in [5, 5.41) is -0.0222. The largest absolute Gasteiger partial charge is 0.493 e. The molecule has 0 unspecified atom stereocenters. The van der Waals surface area contributed by atoms with E-state index in [1.54, 1.807) is 13.2 Å². The molecule has 0 saturated heterocycles. The molecule has 0 spiro atoms. The molecule has 0 aliphatic heterocycles. The lowest BCUT2D eigenvalue weighted by Crippen LogP contribution is -2.17. The first kappa shape index (κ1) is 20.9. The second-order valence-corrected chi connectivity index (χ2v) is 6.20. The first-order valence-electron chi connectivity index (χ1n) is 7.65. The summed E-state index contributed by atoms with van der Waals surface area (Å²) in [6.45, 7) is 1.58. The van der Waals surface area contributed by atoms with E-state index in [-0.39, 0.29) is 22.1 Å². The monoisotopic (exact) mass is 401 g/mol. The Morgan fingerprint density at radius 3 is 2.19 bits per heavy atom. The molecule has 0 aliphatic carbocycles. The molecule has 1 aromatic carbocycles. The van der Waals surface area contributed by atoms with Crippen LogP contribution in [0.25, 0.3) is 0 Å². The minimum atomic E-state index is -4.71. The number of benzene rings is 1. The van der Waals surface area contributed by atoms with Crippen LogP contribution in [0.5, 0.6) is 17.2 Å². The number of hydrogen-bond acceptors (Lipinski definition) is 6. The Labute approximate surface area is 158 Å². The van der Waals surface area contributed by atoms with Crippen molar-refractivity contribution in [1.82, 2.24) is 4.98 Å². The Kier molecular flexibility index (Phi) is 6.25. The molecule has 0 amide bonds. The van der Waals surface area contributed by atoms with Crippen molar-refractivity contribution >= 4 is 17.5 Å². The fourth-order valence-corrected chi connectivity index (χ4v) is 3.31. The molecule has 1 aromatic heterocycles. The molecule has 5 nitrogen and oxygen atoms in total. The Hall–Kier alpha value is -2.42. The number of pyridine rings is 1.